The van der Waals surface area contributed by atoms with Gasteiger partial charge >= 0.3 is 11.7 Å². The van der Waals surface area contributed by atoms with Crippen molar-refractivity contribution < 1.29 is 19.6 Å². The van der Waals surface area contributed by atoms with E-state index in [0.29, 0.717) is 15.6 Å². The minimum atomic E-state index is -1.07. The van der Waals surface area contributed by atoms with Gasteiger partial charge in [-0.2, -0.15) is 0 Å². The fraction of sp³-hybridized carbons (Fsp3) is 0.0714. The average Bonchev–Trinajstić information content (AvgIpc) is 2.46. The number of hydrogen-bond acceptors (Lipinski definition) is 4. The van der Waals surface area contributed by atoms with Crippen molar-refractivity contribution in [2.24, 2.45) is 0 Å². The highest BCUT2D eigenvalue weighted by molar-refractivity contribution is 9.10. The molecule has 0 radical (unpaired) electrons. The van der Waals surface area contributed by atoms with E-state index in [0.717, 1.165) is 0 Å². The number of nitro groups is 1. The number of ether oxygens (including phenoxy) is 1. The fourth-order valence-electron chi connectivity index (χ4n) is 1.96. The standard InChI is InChI=1S/C14H10BrNO5/c1-21-13-11(6-10(15)7-12(13)16(19)20)8-3-2-4-9(5-8)14(17)18/h2-7H,1H3,(H,17,18). The van der Waals surface area contributed by atoms with Crippen molar-refractivity contribution in [3.8, 4) is 16.9 Å². The molecule has 0 aliphatic rings. The molecule has 0 saturated heterocycles. The Kier molecular flexibility index (Phi) is 4.23. The van der Waals surface area contributed by atoms with Gasteiger partial charge in [0, 0.05) is 16.1 Å². The van der Waals surface area contributed by atoms with Crippen molar-refractivity contribution in [2.45, 2.75) is 0 Å². The number of methoxy groups -OCH3 is 1. The van der Waals surface area contributed by atoms with Crippen molar-refractivity contribution in [1.82, 2.24) is 0 Å². The Morgan fingerprint density at radius 2 is 2.05 bits per heavy atom. The Hall–Kier alpha value is -2.41. The molecular weight excluding hydrogens is 342 g/mol. The van der Waals surface area contributed by atoms with Crippen LogP contribution in [0.3, 0.4) is 0 Å². The van der Waals surface area contributed by atoms with E-state index < -0.39 is 10.9 Å². The molecule has 0 aromatic heterocycles. The Bertz CT molecular complexity index is 729. The maximum atomic E-state index is 11.1. The molecule has 7 heteroatoms. The molecule has 21 heavy (non-hydrogen) atoms. The van der Waals surface area contributed by atoms with Crippen LogP contribution < -0.4 is 4.74 Å². The van der Waals surface area contributed by atoms with Gasteiger partial charge in [0.15, 0.2) is 0 Å². The van der Waals surface area contributed by atoms with Crippen molar-refractivity contribution in [2.75, 3.05) is 7.11 Å². The van der Waals surface area contributed by atoms with Crippen LogP contribution in [0.15, 0.2) is 40.9 Å². The third-order valence-corrected chi connectivity index (χ3v) is 3.31. The van der Waals surface area contributed by atoms with Crippen molar-refractivity contribution in [3.05, 3.63) is 56.5 Å². The second-order valence-electron chi connectivity index (χ2n) is 4.15. The third kappa shape index (κ3) is 3.03. The summed E-state index contributed by atoms with van der Waals surface area (Å²) >= 11 is 3.21. The zero-order valence-electron chi connectivity index (χ0n) is 10.9. The second kappa shape index (κ2) is 5.92. The summed E-state index contributed by atoms with van der Waals surface area (Å²) in [6, 6.07) is 9.11. The van der Waals surface area contributed by atoms with Gasteiger partial charge in [-0.3, -0.25) is 10.1 Å². The molecule has 0 amide bonds. The maximum Gasteiger partial charge on any atom is 0.335 e. The number of aromatic carboxylic acids is 1. The number of rotatable bonds is 4. The van der Waals surface area contributed by atoms with Crippen LogP contribution in [0.4, 0.5) is 5.69 Å². The number of carboxylic acid groups (broad SMARTS) is 1. The lowest BCUT2D eigenvalue weighted by molar-refractivity contribution is -0.385. The van der Waals surface area contributed by atoms with Crippen LogP contribution in [0.25, 0.3) is 11.1 Å². The van der Waals surface area contributed by atoms with Crippen molar-refractivity contribution >= 4 is 27.6 Å². The highest BCUT2D eigenvalue weighted by atomic mass is 79.9. The predicted octanol–water partition coefficient (Wildman–Crippen LogP) is 3.73. The van der Waals surface area contributed by atoms with E-state index in [1.807, 2.05) is 0 Å². The van der Waals surface area contributed by atoms with Crippen molar-refractivity contribution in [1.29, 1.82) is 0 Å². The SMILES string of the molecule is COc1c(-c2cccc(C(=O)O)c2)cc(Br)cc1[N+](=O)[O-]. The summed E-state index contributed by atoms with van der Waals surface area (Å²) in [6.07, 6.45) is 0. The number of carboxylic acids is 1. The maximum absolute atomic E-state index is 11.1. The molecule has 2 aromatic rings. The van der Waals surface area contributed by atoms with Crippen LogP contribution in [0.5, 0.6) is 5.75 Å². The molecule has 0 unspecified atom stereocenters. The Morgan fingerprint density at radius 3 is 2.62 bits per heavy atom. The molecule has 108 valence electrons. The van der Waals surface area contributed by atoms with Gasteiger partial charge in [-0.25, -0.2) is 4.79 Å². The molecule has 6 nitrogen and oxygen atoms in total. The van der Waals surface area contributed by atoms with Crippen LogP contribution in [0, 0.1) is 10.1 Å². The van der Waals surface area contributed by atoms with Gasteiger partial charge in [0.2, 0.25) is 5.75 Å². The van der Waals surface area contributed by atoms with Gasteiger partial charge in [0.05, 0.1) is 17.6 Å². The van der Waals surface area contributed by atoms with Gasteiger partial charge in [-0.1, -0.05) is 28.1 Å². The van der Waals surface area contributed by atoms with E-state index in [4.69, 9.17) is 9.84 Å². The van der Waals surface area contributed by atoms with Gasteiger partial charge in [-0.15, -0.1) is 0 Å². The fourth-order valence-corrected chi connectivity index (χ4v) is 2.41. The molecule has 0 atom stereocenters. The average molecular weight is 352 g/mol. The number of carbonyl (C=O) groups is 1. The third-order valence-electron chi connectivity index (χ3n) is 2.86. The van der Waals surface area contributed by atoms with Crippen molar-refractivity contribution in [3.63, 3.8) is 0 Å². The monoisotopic (exact) mass is 351 g/mol. The summed E-state index contributed by atoms with van der Waals surface area (Å²) < 4.78 is 5.64. The summed E-state index contributed by atoms with van der Waals surface area (Å²) in [5, 5.41) is 20.1. The molecule has 0 aliphatic heterocycles. The Morgan fingerprint density at radius 1 is 1.33 bits per heavy atom. The minimum absolute atomic E-state index is 0.0886. The Balaban J connectivity index is 2.71. The molecule has 2 rings (SSSR count). The van der Waals surface area contributed by atoms with E-state index in [2.05, 4.69) is 15.9 Å². The zero-order valence-corrected chi connectivity index (χ0v) is 12.5. The topological polar surface area (TPSA) is 89.7 Å². The van der Waals surface area contributed by atoms with Gasteiger partial charge in [0.25, 0.3) is 0 Å². The summed E-state index contributed by atoms with van der Waals surface area (Å²) in [5.41, 5.74) is 0.873. The first kappa shape index (κ1) is 15.0. The number of nitrogens with zero attached hydrogens (tertiary/aromatic N) is 1. The van der Waals surface area contributed by atoms with Gasteiger partial charge in [-0.05, 0) is 23.8 Å². The van der Waals surface area contributed by atoms with E-state index in [1.165, 1.54) is 25.3 Å². The number of halogens is 1. The first-order valence-electron chi connectivity index (χ1n) is 5.79. The molecule has 2 aromatic carbocycles. The first-order chi connectivity index (χ1) is 9.93. The van der Waals surface area contributed by atoms with Crippen LogP contribution in [0.1, 0.15) is 10.4 Å². The molecule has 0 fully saturated rings. The van der Waals surface area contributed by atoms with Gasteiger partial charge in [0.1, 0.15) is 0 Å². The van der Waals surface area contributed by atoms with Crippen LogP contribution in [-0.4, -0.2) is 23.1 Å². The summed E-state index contributed by atoms with van der Waals surface area (Å²) in [4.78, 5) is 21.6. The van der Waals surface area contributed by atoms with E-state index in [9.17, 15) is 14.9 Å². The summed E-state index contributed by atoms with van der Waals surface area (Å²) in [6.45, 7) is 0. The highest BCUT2D eigenvalue weighted by Crippen LogP contribution is 2.40. The van der Waals surface area contributed by atoms with E-state index in [1.54, 1.807) is 18.2 Å². The van der Waals surface area contributed by atoms with Gasteiger partial charge < -0.3 is 9.84 Å². The Labute approximate surface area is 128 Å². The largest absolute Gasteiger partial charge is 0.490 e. The highest BCUT2D eigenvalue weighted by Gasteiger charge is 2.21. The zero-order chi connectivity index (χ0) is 15.6. The van der Waals surface area contributed by atoms with Crippen LogP contribution in [-0.2, 0) is 0 Å². The molecule has 0 spiro atoms. The van der Waals surface area contributed by atoms with Crippen LogP contribution >= 0.6 is 15.9 Å². The number of hydrogen-bond donors (Lipinski definition) is 1. The smallest absolute Gasteiger partial charge is 0.335 e. The predicted molar refractivity (Wildman–Crippen MR) is 79.7 cm³/mol. The molecule has 0 aliphatic carbocycles. The first-order valence-corrected chi connectivity index (χ1v) is 6.59. The lowest BCUT2D eigenvalue weighted by Crippen LogP contribution is -1.98. The van der Waals surface area contributed by atoms with Crippen LogP contribution in [0.2, 0.25) is 0 Å². The molecule has 0 saturated carbocycles. The lowest BCUT2D eigenvalue weighted by Gasteiger charge is -2.10. The molecule has 1 N–H and O–H groups in total. The van der Waals surface area contributed by atoms with E-state index >= 15 is 0 Å². The second-order valence-corrected chi connectivity index (χ2v) is 5.06. The molecular formula is C14H10BrNO5. The number of nitro benzene ring substituents is 1. The quantitative estimate of drug-likeness (QED) is 0.669. The summed E-state index contributed by atoms with van der Waals surface area (Å²) in [5.74, 6) is -0.981. The minimum Gasteiger partial charge on any atom is -0.490 e. The van der Waals surface area contributed by atoms with E-state index in [-0.39, 0.29) is 17.0 Å². The lowest BCUT2D eigenvalue weighted by atomic mass is 10.0. The molecule has 0 heterocycles. The molecule has 0 bridgehead atoms. The number of benzene rings is 2. The normalized spacial score (nSPS) is 10.2. The summed E-state index contributed by atoms with van der Waals surface area (Å²) in [7, 11) is 1.33.